The van der Waals surface area contributed by atoms with Gasteiger partial charge in [-0.1, -0.05) is 30.7 Å². The van der Waals surface area contributed by atoms with Gasteiger partial charge in [0.2, 0.25) is 0 Å². The molecule has 0 radical (unpaired) electrons. The highest BCUT2D eigenvalue weighted by atomic mass is 32.2. The Morgan fingerprint density at radius 2 is 2.00 bits per heavy atom. The Kier molecular flexibility index (Phi) is 3.53. The molecule has 0 N–H and O–H groups in total. The maximum Gasteiger partial charge on any atom is 0.155 e. The second kappa shape index (κ2) is 5.16. The van der Waals surface area contributed by atoms with Crippen molar-refractivity contribution in [2.75, 3.05) is 0 Å². The fourth-order valence-corrected chi connectivity index (χ4v) is 4.41. The highest BCUT2D eigenvalue weighted by molar-refractivity contribution is 8.00. The number of ketones is 1. The van der Waals surface area contributed by atoms with Crippen LogP contribution in [0.4, 0.5) is 0 Å². The predicted molar refractivity (Wildman–Crippen MR) is 80.4 cm³/mol. The third-order valence-electron chi connectivity index (χ3n) is 4.55. The minimum Gasteiger partial charge on any atom is -0.295 e. The van der Waals surface area contributed by atoms with Gasteiger partial charge in [0.15, 0.2) is 5.78 Å². The van der Waals surface area contributed by atoms with Crippen LogP contribution in [0.15, 0.2) is 46.9 Å². The van der Waals surface area contributed by atoms with E-state index < -0.39 is 0 Å². The summed E-state index contributed by atoms with van der Waals surface area (Å²) in [6, 6.07) is 10.6. The van der Waals surface area contributed by atoms with Crippen LogP contribution in [0.1, 0.15) is 39.0 Å². The van der Waals surface area contributed by atoms with Gasteiger partial charge in [-0.25, -0.2) is 0 Å². The Bertz CT molecular complexity index is 505. The summed E-state index contributed by atoms with van der Waals surface area (Å²) in [5.74, 6) is 0.331. The van der Waals surface area contributed by atoms with Gasteiger partial charge in [0, 0.05) is 16.6 Å². The topological polar surface area (TPSA) is 17.1 Å². The van der Waals surface area contributed by atoms with Crippen molar-refractivity contribution >= 4 is 17.5 Å². The van der Waals surface area contributed by atoms with E-state index in [0.717, 1.165) is 19.3 Å². The predicted octanol–water partition coefficient (Wildman–Crippen LogP) is 4.63. The van der Waals surface area contributed by atoms with E-state index in [1.54, 1.807) is 0 Å². The third-order valence-corrected chi connectivity index (χ3v) is 5.83. The Morgan fingerprint density at radius 3 is 2.79 bits per heavy atom. The van der Waals surface area contributed by atoms with E-state index in [2.05, 4.69) is 37.3 Å². The van der Waals surface area contributed by atoms with Crippen LogP contribution in [-0.4, -0.2) is 11.0 Å². The van der Waals surface area contributed by atoms with Crippen molar-refractivity contribution in [1.82, 2.24) is 0 Å². The van der Waals surface area contributed by atoms with Crippen molar-refractivity contribution in [3.8, 4) is 0 Å². The number of allylic oxidation sites excluding steroid dienone is 2. The Hall–Kier alpha value is -1.02. The molecule has 3 rings (SSSR count). The first-order chi connectivity index (χ1) is 9.16. The van der Waals surface area contributed by atoms with Crippen LogP contribution in [0.2, 0.25) is 0 Å². The lowest BCUT2D eigenvalue weighted by Crippen LogP contribution is -2.32. The number of benzene rings is 1. The Balaban J connectivity index is 1.73. The smallest absolute Gasteiger partial charge is 0.155 e. The lowest BCUT2D eigenvalue weighted by Gasteiger charge is -2.41. The Labute approximate surface area is 119 Å². The van der Waals surface area contributed by atoms with Crippen molar-refractivity contribution in [1.29, 1.82) is 0 Å². The first kappa shape index (κ1) is 13.0. The van der Waals surface area contributed by atoms with Gasteiger partial charge in [-0.15, -0.1) is 11.8 Å². The molecule has 1 nitrogen and oxygen atoms in total. The molecule has 1 saturated carbocycles. The van der Waals surface area contributed by atoms with Gasteiger partial charge < -0.3 is 0 Å². The SMILES string of the molecule is C[C@]12CCC(=O)C=C1C[C@@H](Sc1ccccc1)CC2. The minimum atomic E-state index is 0.307. The van der Waals surface area contributed by atoms with Crippen LogP contribution in [-0.2, 0) is 4.79 Å². The van der Waals surface area contributed by atoms with Crippen LogP contribution < -0.4 is 0 Å². The lowest BCUT2D eigenvalue weighted by atomic mass is 9.66. The molecule has 0 unspecified atom stereocenters. The van der Waals surface area contributed by atoms with Crippen LogP contribution in [0.25, 0.3) is 0 Å². The summed E-state index contributed by atoms with van der Waals surface area (Å²) < 4.78 is 0. The quantitative estimate of drug-likeness (QED) is 0.781. The fourth-order valence-electron chi connectivity index (χ4n) is 3.21. The molecule has 0 aliphatic heterocycles. The number of carbonyl (C=O) groups excluding carboxylic acids is 1. The summed E-state index contributed by atoms with van der Waals surface area (Å²) in [6.45, 7) is 2.34. The summed E-state index contributed by atoms with van der Waals surface area (Å²) in [7, 11) is 0. The lowest BCUT2D eigenvalue weighted by molar-refractivity contribution is -0.115. The molecule has 0 bridgehead atoms. The van der Waals surface area contributed by atoms with E-state index in [4.69, 9.17) is 0 Å². The summed E-state index contributed by atoms with van der Waals surface area (Å²) in [6.07, 6.45) is 7.33. The molecule has 2 atom stereocenters. The molecule has 2 aliphatic carbocycles. The monoisotopic (exact) mass is 272 g/mol. The van der Waals surface area contributed by atoms with Crippen LogP contribution in [0, 0.1) is 5.41 Å². The van der Waals surface area contributed by atoms with Gasteiger partial charge in [0.1, 0.15) is 0 Å². The largest absolute Gasteiger partial charge is 0.295 e. The Morgan fingerprint density at radius 1 is 1.21 bits per heavy atom. The van der Waals surface area contributed by atoms with E-state index >= 15 is 0 Å². The molecule has 19 heavy (non-hydrogen) atoms. The van der Waals surface area contributed by atoms with Crippen molar-refractivity contribution < 1.29 is 4.79 Å². The number of hydrogen-bond acceptors (Lipinski definition) is 2. The molecule has 100 valence electrons. The van der Waals surface area contributed by atoms with Gasteiger partial charge in [0.05, 0.1) is 0 Å². The van der Waals surface area contributed by atoms with E-state index in [9.17, 15) is 4.79 Å². The summed E-state index contributed by atoms with van der Waals surface area (Å²) in [5, 5.41) is 0.632. The summed E-state index contributed by atoms with van der Waals surface area (Å²) in [4.78, 5) is 13.0. The number of thioether (sulfide) groups is 1. The van der Waals surface area contributed by atoms with Crippen LogP contribution in [0.3, 0.4) is 0 Å². The number of carbonyl (C=O) groups is 1. The first-order valence-corrected chi connectivity index (χ1v) is 7.99. The van der Waals surface area contributed by atoms with Gasteiger partial charge in [0.25, 0.3) is 0 Å². The van der Waals surface area contributed by atoms with Crippen LogP contribution in [0.5, 0.6) is 0 Å². The van der Waals surface area contributed by atoms with E-state index in [-0.39, 0.29) is 0 Å². The number of fused-ring (bicyclic) bond motifs is 1. The van der Waals surface area contributed by atoms with E-state index in [1.807, 2.05) is 17.8 Å². The fraction of sp³-hybridized carbons (Fsp3) is 0.471. The minimum absolute atomic E-state index is 0.307. The molecule has 0 amide bonds. The average molecular weight is 272 g/mol. The zero-order valence-electron chi connectivity index (χ0n) is 11.4. The normalized spacial score (nSPS) is 30.7. The summed E-state index contributed by atoms with van der Waals surface area (Å²) in [5.41, 5.74) is 1.71. The highest BCUT2D eigenvalue weighted by Crippen LogP contribution is 2.49. The van der Waals surface area contributed by atoms with Crippen molar-refractivity contribution in [3.05, 3.63) is 42.0 Å². The number of hydrogen-bond donors (Lipinski definition) is 0. The van der Waals surface area contributed by atoms with E-state index in [1.165, 1.54) is 23.3 Å². The molecule has 0 aromatic heterocycles. The molecule has 2 heteroatoms. The van der Waals surface area contributed by atoms with Crippen molar-refractivity contribution in [2.45, 2.75) is 49.2 Å². The molecular formula is C17H20OS. The molecule has 2 aliphatic rings. The molecule has 0 saturated heterocycles. The van der Waals surface area contributed by atoms with Gasteiger partial charge in [-0.3, -0.25) is 4.79 Å². The molecular weight excluding hydrogens is 252 g/mol. The second-order valence-electron chi connectivity index (χ2n) is 5.99. The molecule has 0 heterocycles. The van der Waals surface area contributed by atoms with Gasteiger partial charge in [-0.05, 0) is 49.3 Å². The zero-order valence-corrected chi connectivity index (χ0v) is 12.2. The molecule has 0 spiro atoms. The number of rotatable bonds is 2. The molecule has 1 aromatic rings. The first-order valence-electron chi connectivity index (χ1n) is 7.11. The van der Waals surface area contributed by atoms with Crippen molar-refractivity contribution in [2.24, 2.45) is 5.41 Å². The summed E-state index contributed by atoms with van der Waals surface area (Å²) >= 11 is 1.97. The zero-order chi connectivity index (χ0) is 13.3. The van der Waals surface area contributed by atoms with Gasteiger partial charge in [-0.2, -0.15) is 0 Å². The molecule has 1 fully saturated rings. The highest BCUT2D eigenvalue weighted by Gasteiger charge is 2.38. The average Bonchev–Trinajstić information content (AvgIpc) is 2.41. The third kappa shape index (κ3) is 2.79. The van der Waals surface area contributed by atoms with E-state index in [0.29, 0.717) is 16.4 Å². The molecule has 1 aromatic carbocycles. The van der Waals surface area contributed by atoms with Crippen molar-refractivity contribution in [3.63, 3.8) is 0 Å². The standard InChI is InChI=1S/C17H20OS/c1-17-9-7-14(18)11-13(17)12-16(8-10-17)19-15-5-3-2-4-6-15/h2-6,11,16H,7-10,12H2,1H3/t16-,17+/m0/s1. The second-order valence-corrected chi connectivity index (χ2v) is 7.37. The maximum absolute atomic E-state index is 11.6. The van der Waals surface area contributed by atoms with Crippen LogP contribution >= 0.6 is 11.8 Å². The maximum atomic E-state index is 11.6. The van der Waals surface area contributed by atoms with Gasteiger partial charge >= 0.3 is 0 Å².